The maximum Gasteiger partial charge on any atom is 0.275 e. The Morgan fingerprint density at radius 3 is 2.40 bits per heavy atom. The topological polar surface area (TPSA) is 73.1 Å². The molecule has 142 valence electrons. The molecule has 2 heterocycles. The van der Waals surface area contributed by atoms with Crippen molar-refractivity contribution in [1.82, 2.24) is 19.7 Å². The molecule has 0 bridgehead atoms. The summed E-state index contributed by atoms with van der Waals surface area (Å²) >= 11 is 0. The van der Waals surface area contributed by atoms with E-state index in [1.165, 1.54) is 6.26 Å². The average molecular weight is 352 g/mol. The molecule has 0 spiro atoms. The Labute approximate surface area is 150 Å². The lowest BCUT2D eigenvalue weighted by atomic mass is 10.3. The van der Waals surface area contributed by atoms with Gasteiger partial charge in [0.15, 0.2) is 5.69 Å². The van der Waals surface area contributed by atoms with Crippen LogP contribution in [0.15, 0.2) is 10.7 Å². The van der Waals surface area contributed by atoms with Gasteiger partial charge in [-0.25, -0.2) is 4.98 Å². The Bertz CT molecular complexity index is 518. The van der Waals surface area contributed by atoms with Crippen molar-refractivity contribution in [2.24, 2.45) is 0 Å². The highest BCUT2D eigenvalue weighted by molar-refractivity contribution is 5.91. The van der Waals surface area contributed by atoms with Gasteiger partial charge in [-0.05, 0) is 19.8 Å². The molecule has 0 saturated carbocycles. The number of carbonyl (C=O) groups excluding carboxylic acids is 1. The van der Waals surface area contributed by atoms with E-state index >= 15 is 0 Å². The molecule has 1 saturated heterocycles. The van der Waals surface area contributed by atoms with Crippen LogP contribution in [0.2, 0.25) is 0 Å². The van der Waals surface area contributed by atoms with Gasteiger partial charge in [0.2, 0.25) is 5.89 Å². The number of carbonyl (C=O) groups is 1. The first-order valence-electron chi connectivity index (χ1n) is 9.39. The van der Waals surface area contributed by atoms with Crippen LogP contribution in [-0.2, 0) is 6.54 Å². The standard InChI is InChI=1S/C18H32N4O3/c1-4-6-22(7-5-2)18(24)16-14-25-17(19-16)13-21-10-8-20(9-11-21)12-15(3)23/h14-15,23H,4-13H2,1-3H3. The smallest absolute Gasteiger partial charge is 0.275 e. The summed E-state index contributed by atoms with van der Waals surface area (Å²) in [4.78, 5) is 23.3. The Hall–Kier alpha value is -1.44. The van der Waals surface area contributed by atoms with Crippen molar-refractivity contribution >= 4 is 5.91 Å². The van der Waals surface area contributed by atoms with Crippen molar-refractivity contribution < 1.29 is 14.3 Å². The van der Waals surface area contributed by atoms with Gasteiger partial charge >= 0.3 is 0 Å². The summed E-state index contributed by atoms with van der Waals surface area (Å²) in [7, 11) is 0. The van der Waals surface area contributed by atoms with Gasteiger partial charge in [0.05, 0.1) is 12.6 Å². The van der Waals surface area contributed by atoms with E-state index in [9.17, 15) is 9.90 Å². The first-order valence-corrected chi connectivity index (χ1v) is 9.39. The van der Waals surface area contributed by atoms with Crippen LogP contribution in [0.3, 0.4) is 0 Å². The molecule has 25 heavy (non-hydrogen) atoms. The lowest BCUT2D eigenvalue weighted by Crippen LogP contribution is -2.47. The number of aliphatic hydroxyl groups is 1. The van der Waals surface area contributed by atoms with E-state index in [0.717, 1.165) is 58.7 Å². The van der Waals surface area contributed by atoms with Gasteiger partial charge < -0.3 is 14.4 Å². The molecule has 2 rings (SSSR count). The second kappa shape index (κ2) is 9.89. The predicted molar refractivity (Wildman–Crippen MR) is 96.4 cm³/mol. The van der Waals surface area contributed by atoms with Gasteiger partial charge in [-0.1, -0.05) is 13.8 Å². The zero-order valence-electron chi connectivity index (χ0n) is 15.8. The fourth-order valence-corrected chi connectivity index (χ4v) is 3.19. The lowest BCUT2D eigenvalue weighted by Gasteiger charge is -2.34. The number of oxazole rings is 1. The van der Waals surface area contributed by atoms with Crippen LogP contribution < -0.4 is 0 Å². The third kappa shape index (κ3) is 6.09. The summed E-state index contributed by atoms with van der Waals surface area (Å²) < 4.78 is 5.53. The normalized spacial score (nSPS) is 17.6. The van der Waals surface area contributed by atoms with E-state index in [-0.39, 0.29) is 12.0 Å². The minimum atomic E-state index is -0.291. The summed E-state index contributed by atoms with van der Waals surface area (Å²) in [6.45, 7) is 12.5. The number of piperazine rings is 1. The van der Waals surface area contributed by atoms with Crippen LogP contribution in [0.5, 0.6) is 0 Å². The third-order valence-corrected chi connectivity index (χ3v) is 4.39. The summed E-state index contributed by atoms with van der Waals surface area (Å²) in [5, 5.41) is 9.47. The van der Waals surface area contributed by atoms with E-state index in [1.54, 1.807) is 0 Å². The number of hydrogen-bond donors (Lipinski definition) is 1. The summed E-state index contributed by atoms with van der Waals surface area (Å²) in [5.41, 5.74) is 0.407. The van der Waals surface area contributed by atoms with Crippen LogP contribution >= 0.6 is 0 Å². The van der Waals surface area contributed by atoms with E-state index in [1.807, 2.05) is 11.8 Å². The third-order valence-electron chi connectivity index (χ3n) is 4.39. The Balaban J connectivity index is 1.86. The maximum atomic E-state index is 12.5. The van der Waals surface area contributed by atoms with Crippen molar-refractivity contribution in [2.75, 3.05) is 45.8 Å². The molecule has 1 N–H and O–H groups in total. The summed E-state index contributed by atoms with van der Waals surface area (Å²) in [5.74, 6) is 0.556. The van der Waals surface area contributed by atoms with E-state index in [2.05, 4.69) is 28.6 Å². The fraction of sp³-hybridized carbons (Fsp3) is 0.778. The highest BCUT2D eigenvalue weighted by Gasteiger charge is 2.22. The van der Waals surface area contributed by atoms with E-state index < -0.39 is 0 Å². The molecule has 0 aromatic carbocycles. The van der Waals surface area contributed by atoms with Gasteiger partial charge in [0, 0.05) is 45.8 Å². The van der Waals surface area contributed by atoms with Crippen LogP contribution in [0.1, 0.15) is 50.0 Å². The van der Waals surface area contributed by atoms with Crippen molar-refractivity contribution in [3.8, 4) is 0 Å². The van der Waals surface area contributed by atoms with Crippen molar-refractivity contribution in [2.45, 2.75) is 46.3 Å². The summed E-state index contributed by atoms with van der Waals surface area (Å²) in [6, 6.07) is 0. The van der Waals surface area contributed by atoms with Gasteiger partial charge in [0.25, 0.3) is 5.91 Å². The molecule has 0 aliphatic carbocycles. The van der Waals surface area contributed by atoms with Gasteiger partial charge in [-0.15, -0.1) is 0 Å². The second-order valence-corrected chi connectivity index (χ2v) is 6.84. The first-order chi connectivity index (χ1) is 12.0. The molecular formula is C18H32N4O3. The van der Waals surface area contributed by atoms with Crippen LogP contribution in [0, 0.1) is 0 Å². The molecule has 1 aliphatic rings. The zero-order valence-corrected chi connectivity index (χ0v) is 15.8. The molecular weight excluding hydrogens is 320 g/mol. The number of hydrogen-bond acceptors (Lipinski definition) is 6. The molecule has 1 aromatic rings. The van der Waals surface area contributed by atoms with Crippen LogP contribution in [0.25, 0.3) is 0 Å². The molecule has 7 nitrogen and oxygen atoms in total. The predicted octanol–water partition coefficient (Wildman–Crippen LogP) is 1.44. The van der Waals surface area contributed by atoms with E-state index in [4.69, 9.17) is 4.42 Å². The van der Waals surface area contributed by atoms with Crippen molar-refractivity contribution in [3.05, 3.63) is 17.8 Å². The Kier molecular flexibility index (Phi) is 7.87. The number of aliphatic hydroxyl groups excluding tert-OH is 1. The van der Waals surface area contributed by atoms with Gasteiger partial charge in [0.1, 0.15) is 6.26 Å². The second-order valence-electron chi connectivity index (χ2n) is 6.84. The maximum absolute atomic E-state index is 12.5. The fourth-order valence-electron chi connectivity index (χ4n) is 3.19. The summed E-state index contributed by atoms with van der Waals surface area (Å²) in [6.07, 6.45) is 3.07. The monoisotopic (exact) mass is 352 g/mol. The van der Waals surface area contributed by atoms with Crippen LogP contribution in [-0.4, -0.2) is 82.6 Å². The molecule has 1 aromatic heterocycles. The SMILES string of the molecule is CCCN(CCC)C(=O)c1coc(CN2CCN(CC(C)O)CC2)n1. The molecule has 1 atom stereocenters. The molecule has 1 aliphatic heterocycles. The number of rotatable bonds is 9. The zero-order chi connectivity index (χ0) is 18.2. The number of amides is 1. The van der Waals surface area contributed by atoms with E-state index in [0.29, 0.717) is 18.1 Å². The Morgan fingerprint density at radius 2 is 1.84 bits per heavy atom. The van der Waals surface area contributed by atoms with Crippen LogP contribution in [0.4, 0.5) is 0 Å². The molecule has 1 amide bonds. The van der Waals surface area contributed by atoms with Crippen molar-refractivity contribution in [1.29, 1.82) is 0 Å². The highest BCUT2D eigenvalue weighted by Crippen LogP contribution is 2.11. The molecule has 1 fully saturated rings. The minimum absolute atomic E-state index is 0.0412. The van der Waals surface area contributed by atoms with Gasteiger partial charge in [-0.2, -0.15) is 0 Å². The van der Waals surface area contributed by atoms with Gasteiger partial charge in [-0.3, -0.25) is 14.6 Å². The highest BCUT2D eigenvalue weighted by atomic mass is 16.3. The molecule has 0 radical (unpaired) electrons. The first kappa shape index (κ1) is 19.9. The quantitative estimate of drug-likeness (QED) is 0.725. The van der Waals surface area contributed by atoms with Crippen molar-refractivity contribution in [3.63, 3.8) is 0 Å². The molecule has 1 unspecified atom stereocenters. The largest absolute Gasteiger partial charge is 0.447 e. The molecule has 7 heteroatoms. The number of aromatic nitrogens is 1. The Morgan fingerprint density at radius 1 is 1.24 bits per heavy atom. The lowest BCUT2D eigenvalue weighted by molar-refractivity contribution is 0.0744. The number of β-amino-alcohol motifs (C(OH)–C–C–N with tert-alkyl or cyclic N) is 1. The minimum Gasteiger partial charge on any atom is -0.447 e. The number of nitrogens with zero attached hydrogens (tertiary/aromatic N) is 4. The average Bonchev–Trinajstić information content (AvgIpc) is 3.04.